The summed E-state index contributed by atoms with van der Waals surface area (Å²) >= 11 is 2.74. The average Bonchev–Trinajstić information content (AvgIpc) is 3.24. The lowest BCUT2D eigenvalue weighted by Crippen LogP contribution is -2.16. The second kappa shape index (κ2) is 7.33. The zero-order valence-electron chi connectivity index (χ0n) is 12.7. The maximum Gasteiger partial charge on any atom is 0.340 e. The van der Waals surface area contributed by atoms with Gasteiger partial charge < -0.3 is 10.1 Å². The summed E-state index contributed by atoms with van der Waals surface area (Å²) in [6.07, 6.45) is 3.57. The van der Waals surface area contributed by atoms with Crippen molar-refractivity contribution < 1.29 is 14.3 Å². The van der Waals surface area contributed by atoms with Crippen LogP contribution >= 0.6 is 22.7 Å². The summed E-state index contributed by atoms with van der Waals surface area (Å²) in [5.41, 5.74) is 1.94. The fourth-order valence-corrected chi connectivity index (χ4v) is 3.62. The number of thiazole rings is 1. The Balaban J connectivity index is 1.67. The molecule has 0 fully saturated rings. The minimum atomic E-state index is -0.473. The molecule has 0 bridgehead atoms. The first-order valence-electron chi connectivity index (χ1n) is 6.98. The Morgan fingerprint density at radius 2 is 2.17 bits per heavy atom. The average molecular weight is 359 g/mol. The molecule has 0 aliphatic heterocycles. The third kappa shape index (κ3) is 3.66. The monoisotopic (exact) mass is 359 g/mol. The number of anilines is 1. The fraction of sp³-hybridized carbons (Fsp3) is 0.125. The standard InChI is InChI=1S/C16H13N3O3S2/c1-22-16(21)12-4-6-23-15(12)19-13(20)7-11-9-24-14(18-11)10-3-2-5-17-8-10/h2-6,8-9H,7H2,1H3,(H,19,20). The number of amides is 1. The molecule has 1 N–H and O–H groups in total. The van der Waals surface area contributed by atoms with E-state index < -0.39 is 5.97 Å². The molecule has 3 rings (SSSR count). The number of hydrogen-bond acceptors (Lipinski definition) is 7. The molecule has 3 heterocycles. The van der Waals surface area contributed by atoms with Crippen LogP contribution in [0.5, 0.6) is 0 Å². The van der Waals surface area contributed by atoms with Crippen LogP contribution in [0.4, 0.5) is 5.00 Å². The van der Waals surface area contributed by atoms with E-state index in [9.17, 15) is 9.59 Å². The van der Waals surface area contributed by atoms with Gasteiger partial charge in [-0.2, -0.15) is 0 Å². The highest BCUT2D eigenvalue weighted by Crippen LogP contribution is 2.25. The van der Waals surface area contributed by atoms with E-state index in [0.717, 1.165) is 10.6 Å². The molecule has 24 heavy (non-hydrogen) atoms. The Morgan fingerprint density at radius 3 is 2.92 bits per heavy atom. The molecule has 0 aliphatic carbocycles. The first kappa shape index (κ1) is 16.3. The van der Waals surface area contributed by atoms with Gasteiger partial charge in [0.05, 0.1) is 24.8 Å². The second-order valence-electron chi connectivity index (χ2n) is 4.77. The molecule has 8 heteroatoms. The van der Waals surface area contributed by atoms with Crippen molar-refractivity contribution >= 4 is 39.6 Å². The van der Waals surface area contributed by atoms with Gasteiger partial charge in [0, 0.05) is 23.3 Å². The zero-order chi connectivity index (χ0) is 16.9. The molecule has 0 atom stereocenters. The predicted molar refractivity (Wildman–Crippen MR) is 93.3 cm³/mol. The van der Waals surface area contributed by atoms with E-state index in [-0.39, 0.29) is 12.3 Å². The summed E-state index contributed by atoms with van der Waals surface area (Å²) in [5, 5.41) is 7.60. The highest BCUT2D eigenvalue weighted by Gasteiger charge is 2.16. The lowest BCUT2D eigenvalue weighted by atomic mass is 10.3. The van der Waals surface area contributed by atoms with Gasteiger partial charge >= 0.3 is 5.97 Å². The van der Waals surface area contributed by atoms with Crippen LogP contribution in [-0.2, 0) is 16.0 Å². The summed E-state index contributed by atoms with van der Waals surface area (Å²) in [4.78, 5) is 32.3. The van der Waals surface area contributed by atoms with Crippen LogP contribution in [0, 0.1) is 0 Å². The minimum absolute atomic E-state index is 0.134. The molecule has 1 amide bonds. The Hall–Kier alpha value is -2.58. The van der Waals surface area contributed by atoms with Crippen molar-refractivity contribution in [3.63, 3.8) is 0 Å². The van der Waals surface area contributed by atoms with E-state index in [1.165, 1.54) is 29.8 Å². The molecule has 0 unspecified atom stereocenters. The van der Waals surface area contributed by atoms with E-state index >= 15 is 0 Å². The van der Waals surface area contributed by atoms with Gasteiger partial charge in [-0.05, 0) is 23.6 Å². The van der Waals surface area contributed by atoms with Crippen LogP contribution in [-0.4, -0.2) is 29.0 Å². The molecule has 0 aromatic carbocycles. The third-order valence-electron chi connectivity index (χ3n) is 3.13. The number of nitrogens with one attached hydrogen (secondary N) is 1. The van der Waals surface area contributed by atoms with Gasteiger partial charge in [0.1, 0.15) is 10.0 Å². The van der Waals surface area contributed by atoms with Crippen molar-refractivity contribution in [2.45, 2.75) is 6.42 Å². The van der Waals surface area contributed by atoms with Crippen LogP contribution in [0.15, 0.2) is 41.4 Å². The largest absolute Gasteiger partial charge is 0.465 e. The highest BCUT2D eigenvalue weighted by molar-refractivity contribution is 7.14. The number of esters is 1. The van der Waals surface area contributed by atoms with Gasteiger partial charge in [-0.15, -0.1) is 22.7 Å². The molecule has 0 aliphatic rings. The Labute approximate surface area is 146 Å². The Bertz CT molecular complexity index is 858. The van der Waals surface area contributed by atoms with Crippen molar-refractivity contribution in [1.82, 2.24) is 9.97 Å². The second-order valence-corrected chi connectivity index (χ2v) is 6.54. The molecular weight excluding hydrogens is 346 g/mol. The van der Waals surface area contributed by atoms with E-state index in [1.54, 1.807) is 23.8 Å². The van der Waals surface area contributed by atoms with Crippen molar-refractivity contribution in [2.24, 2.45) is 0 Å². The van der Waals surface area contributed by atoms with Gasteiger partial charge in [-0.3, -0.25) is 9.78 Å². The summed E-state index contributed by atoms with van der Waals surface area (Å²) in [6.45, 7) is 0. The van der Waals surface area contributed by atoms with Crippen LogP contribution in [0.2, 0.25) is 0 Å². The van der Waals surface area contributed by atoms with Crippen LogP contribution in [0.25, 0.3) is 10.6 Å². The Kier molecular flexibility index (Phi) is 4.97. The number of methoxy groups -OCH3 is 1. The van der Waals surface area contributed by atoms with E-state index in [0.29, 0.717) is 16.3 Å². The van der Waals surface area contributed by atoms with Crippen LogP contribution in [0.1, 0.15) is 16.1 Å². The SMILES string of the molecule is COC(=O)c1ccsc1NC(=O)Cc1csc(-c2cccnc2)n1. The first-order chi connectivity index (χ1) is 11.7. The lowest BCUT2D eigenvalue weighted by molar-refractivity contribution is -0.115. The Morgan fingerprint density at radius 1 is 1.29 bits per heavy atom. The third-order valence-corrected chi connectivity index (χ3v) is 4.90. The topological polar surface area (TPSA) is 81.2 Å². The molecule has 0 radical (unpaired) electrons. The van der Waals surface area contributed by atoms with Crippen molar-refractivity contribution in [2.75, 3.05) is 12.4 Å². The minimum Gasteiger partial charge on any atom is -0.465 e. The normalized spacial score (nSPS) is 10.4. The smallest absolute Gasteiger partial charge is 0.340 e. The van der Waals surface area contributed by atoms with Gasteiger partial charge in [0.25, 0.3) is 0 Å². The predicted octanol–water partition coefficient (Wildman–Crippen LogP) is 3.23. The number of carbonyl (C=O) groups is 2. The van der Waals surface area contributed by atoms with E-state index in [1.807, 2.05) is 17.5 Å². The highest BCUT2D eigenvalue weighted by atomic mass is 32.1. The first-order valence-corrected chi connectivity index (χ1v) is 8.73. The summed E-state index contributed by atoms with van der Waals surface area (Å²) in [5.74, 6) is -0.704. The number of ether oxygens (including phenoxy) is 1. The van der Waals surface area contributed by atoms with E-state index in [4.69, 9.17) is 0 Å². The molecule has 3 aromatic rings. The summed E-state index contributed by atoms with van der Waals surface area (Å²) in [7, 11) is 1.31. The fourth-order valence-electron chi connectivity index (χ4n) is 2.02. The molecule has 122 valence electrons. The van der Waals surface area contributed by atoms with Gasteiger partial charge in [-0.1, -0.05) is 0 Å². The lowest BCUT2D eigenvalue weighted by Gasteiger charge is -2.04. The van der Waals surface area contributed by atoms with Crippen molar-refractivity contribution in [3.05, 3.63) is 52.6 Å². The van der Waals surface area contributed by atoms with Crippen molar-refractivity contribution in [3.8, 4) is 10.6 Å². The number of rotatable bonds is 5. The molecular formula is C16H13N3O3S2. The van der Waals surface area contributed by atoms with E-state index in [2.05, 4.69) is 20.0 Å². The number of nitrogens with zero attached hydrogens (tertiary/aromatic N) is 2. The van der Waals surface area contributed by atoms with Crippen LogP contribution in [0.3, 0.4) is 0 Å². The molecule has 6 nitrogen and oxygen atoms in total. The number of thiophene rings is 1. The van der Waals surface area contributed by atoms with Gasteiger partial charge in [0.2, 0.25) is 5.91 Å². The number of carbonyl (C=O) groups excluding carboxylic acids is 2. The van der Waals surface area contributed by atoms with Crippen molar-refractivity contribution in [1.29, 1.82) is 0 Å². The summed E-state index contributed by atoms with van der Waals surface area (Å²) in [6, 6.07) is 5.38. The molecule has 0 saturated heterocycles. The number of pyridine rings is 1. The molecule has 0 spiro atoms. The van der Waals surface area contributed by atoms with Crippen LogP contribution < -0.4 is 5.32 Å². The maximum absolute atomic E-state index is 12.2. The maximum atomic E-state index is 12.2. The summed E-state index contributed by atoms with van der Waals surface area (Å²) < 4.78 is 4.69. The van der Waals surface area contributed by atoms with Gasteiger partial charge in [-0.25, -0.2) is 9.78 Å². The number of hydrogen-bond donors (Lipinski definition) is 1. The number of aromatic nitrogens is 2. The quantitative estimate of drug-likeness (QED) is 0.707. The molecule has 0 saturated carbocycles. The van der Waals surface area contributed by atoms with Gasteiger partial charge in [0.15, 0.2) is 0 Å². The molecule has 3 aromatic heterocycles. The zero-order valence-corrected chi connectivity index (χ0v) is 14.3.